The van der Waals surface area contributed by atoms with Crippen LogP contribution in [0.3, 0.4) is 0 Å². The third-order valence-corrected chi connectivity index (χ3v) is 3.53. The summed E-state index contributed by atoms with van der Waals surface area (Å²) in [7, 11) is 6.50. The molecule has 1 aromatic rings. The van der Waals surface area contributed by atoms with Crippen molar-refractivity contribution in [2.45, 2.75) is 12.5 Å². The standard InChI is InChI=1S/C15H19NO4/c1-16-11(6-7-12(16)15(17)20-4)10-5-8-13(18-2)14(9-10)19-3/h5-6,8-9,12H,7H2,1-4H3. The molecule has 108 valence electrons. The first-order valence-electron chi connectivity index (χ1n) is 6.35. The number of esters is 1. The largest absolute Gasteiger partial charge is 0.493 e. The van der Waals surface area contributed by atoms with Crippen LogP contribution in [0, 0.1) is 0 Å². The highest BCUT2D eigenvalue weighted by Crippen LogP contribution is 2.34. The first kappa shape index (κ1) is 14.2. The average molecular weight is 277 g/mol. The number of benzene rings is 1. The van der Waals surface area contributed by atoms with Crippen molar-refractivity contribution in [1.29, 1.82) is 0 Å². The number of likely N-dealkylation sites (N-methyl/N-ethyl adjacent to an activating group) is 1. The predicted molar refractivity (Wildman–Crippen MR) is 75.7 cm³/mol. The molecule has 5 nitrogen and oxygen atoms in total. The highest BCUT2D eigenvalue weighted by atomic mass is 16.5. The van der Waals surface area contributed by atoms with Crippen LogP contribution in [0.25, 0.3) is 5.70 Å². The Morgan fingerprint density at radius 3 is 2.50 bits per heavy atom. The summed E-state index contributed by atoms with van der Waals surface area (Å²) in [6.45, 7) is 0. The number of carbonyl (C=O) groups excluding carboxylic acids is 1. The van der Waals surface area contributed by atoms with Gasteiger partial charge in [-0.15, -0.1) is 0 Å². The molecule has 0 saturated carbocycles. The van der Waals surface area contributed by atoms with E-state index in [1.165, 1.54) is 7.11 Å². The van der Waals surface area contributed by atoms with Crippen molar-refractivity contribution < 1.29 is 19.0 Å². The quantitative estimate of drug-likeness (QED) is 0.787. The maximum absolute atomic E-state index is 11.7. The SMILES string of the molecule is COC(=O)C1CC=C(c2ccc(OC)c(OC)c2)N1C. The van der Waals surface area contributed by atoms with Crippen LogP contribution in [0.1, 0.15) is 12.0 Å². The third-order valence-electron chi connectivity index (χ3n) is 3.53. The molecule has 1 atom stereocenters. The molecule has 0 saturated heterocycles. The number of methoxy groups -OCH3 is 3. The summed E-state index contributed by atoms with van der Waals surface area (Å²) in [6.07, 6.45) is 2.68. The summed E-state index contributed by atoms with van der Waals surface area (Å²) in [5.41, 5.74) is 1.97. The lowest BCUT2D eigenvalue weighted by molar-refractivity contribution is -0.144. The van der Waals surface area contributed by atoms with Gasteiger partial charge >= 0.3 is 5.97 Å². The third kappa shape index (κ3) is 2.43. The molecule has 2 rings (SSSR count). The molecule has 1 unspecified atom stereocenters. The van der Waals surface area contributed by atoms with Gasteiger partial charge in [0.05, 0.1) is 21.3 Å². The van der Waals surface area contributed by atoms with Gasteiger partial charge in [-0.3, -0.25) is 0 Å². The summed E-state index contributed by atoms with van der Waals surface area (Å²) in [5, 5.41) is 0. The normalized spacial score (nSPS) is 17.7. The van der Waals surface area contributed by atoms with E-state index in [1.54, 1.807) is 14.2 Å². The van der Waals surface area contributed by atoms with Gasteiger partial charge in [0.1, 0.15) is 6.04 Å². The molecule has 0 aromatic heterocycles. The van der Waals surface area contributed by atoms with Crippen molar-refractivity contribution in [2.75, 3.05) is 28.4 Å². The molecule has 0 radical (unpaired) electrons. The van der Waals surface area contributed by atoms with E-state index in [0.29, 0.717) is 17.9 Å². The maximum atomic E-state index is 11.7. The zero-order chi connectivity index (χ0) is 14.7. The van der Waals surface area contributed by atoms with Crippen molar-refractivity contribution in [3.8, 4) is 11.5 Å². The summed E-state index contributed by atoms with van der Waals surface area (Å²) in [4.78, 5) is 13.6. The fourth-order valence-corrected chi connectivity index (χ4v) is 2.40. The number of hydrogen-bond acceptors (Lipinski definition) is 5. The van der Waals surface area contributed by atoms with Gasteiger partial charge in [-0.05, 0) is 24.6 Å². The minimum atomic E-state index is -0.261. The Morgan fingerprint density at radius 1 is 1.20 bits per heavy atom. The molecule has 1 aliphatic rings. The predicted octanol–water partition coefficient (Wildman–Crippen LogP) is 1.92. The van der Waals surface area contributed by atoms with E-state index in [9.17, 15) is 4.79 Å². The fraction of sp³-hybridized carbons (Fsp3) is 0.400. The molecular formula is C15H19NO4. The van der Waals surface area contributed by atoms with Crippen LogP contribution in [0.15, 0.2) is 24.3 Å². The number of rotatable bonds is 4. The molecule has 0 amide bonds. The van der Waals surface area contributed by atoms with Crippen LogP contribution in [0.4, 0.5) is 0 Å². The van der Waals surface area contributed by atoms with Gasteiger partial charge in [0.25, 0.3) is 0 Å². The van der Waals surface area contributed by atoms with E-state index < -0.39 is 0 Å². The van der Waals surface area contributed by atoms with Crippen LogP contribution >= 0.6 is 0 Å². The molecule has 20 heavy (non-hydrogen) atoms. The summed E-state index contributed by atoms with van der Waals surface area (Å²) < 4.78 is 15.3. The second-order valence-electron chi connectivity index (χ2n) is 4.54. The molecule has 0 aliphatic carbocycles. The van der Waals surface area contributed by atoms with Gasteiger partial charge in [-0.1, -0.05) is 6.08 Å². The smallest absolute Gasteiger partial charge is 0.328 e. The van der Waals surface area contributed by atoms with E-state index >= 15 is 0 Å². The maximum Gasteiger partial charge on any atom is 0.328 e. The zero-order valence-corrected chi connectivity index (χ0v) is 12.2. The summed E-state index contributed by atoms with van der Waals surface area (Å²) in [5.74, 6) is 1.13. The lowest BCUT2D eigenvalue weighted by Gasteiger charge is -2.24. The van der Waals surface area contributed by atoms with Crippen LogP contribution in [0.5, 0.6) is 11.5 Å². The molecule has 1 heterocycles. The summed E-state index contributed by atoms with van der Waals surface area (Å²) in [6, 6.07) is 5.45. The topological polar surface area (TPSA) is 48.0 Å². The molecule has 1 aromatic carbocycles. The number of ether oxygens (including phenoxy) is 3. The van der Waals surface area contributed by atoms with Crippen molar-refractivity contribution in [3.63, 3.8) is 0 Å². The average Bonchev–Trinajstić information content (AvgIpc) is 2.87. The molecule has 0 N–H and O–H groups in total. The van der Waals surface area contributed by atoms with E-state index in [-0.39, 0.29) is 12.0 Å². The molecule has 0 bridgehead atoms. The lowest BCUT2D eigenvalue weighted by Crippen LogP contribution is -2.34. The van der Waals surface area contributed by atoms with Gasteiger partial charge in [0, 0.05) is 18.3 Å². The van der Waals surface area contributed by atoms with Crippen molar-refractivity contribution >= 4 is 11.7 Å². The van der Waals surface area contributed by atoms with Crippen LogP contribution in [-0.2, 0) is 9.53 Å². The second kappa shape index (κ2) is 5.86. The van der Waals surface area contributed by atoms with E-state index in [4.69, 9.17) is 14.2 Å². The van der Waals surface area contributed by atoms with Gasteiger partial charge in [-0.25, -0.2) is 4.79 Å². The van der Waals surface area contributed by atoms with Crippen molar-refractivity contribution in [3.05, 3.63) is 29.8 Å². The number of hydrogen-bond donors (Lipinski definition) is 0. The van der Waals surface area contributed by atoms with Gasteiger partial charge in [-0.2, -0.15) is 0 Å². The van der Waals surface area contributed by atoms with E-state index in [2.05, 4.69) is 0 Å². The van der Waals surface area contributed by atoms with Crippen molar-refractivity contribution in [2.24, 2.45) is 0 Å². The Kier molecular flexibility index (Phi) is 4.17. The number of carbonyl (C=O) groups is 1. The first-order chi connectivity index (χ1) is 9.62. The van der Waals surface area contributed by atoms with Gasteiger partial charge in [0.2, 0.25) is 0 Å². The van der Waals surface area contributed by atoms with Crippen LogP contribution in [0.2, 0.25) is 0 Å². The first-order valence-corrected chi connectivity index (χ1v) is 6.35. The Balaban J connectivity index is 2.27. The van der Waals surface area contributed by atoms with Gasteiger partial charge < -0.3 is 19.1 Å². The molecule has 0 fully saturated rings. The minimum absolute atomic E-state index is 0.223. The lowest BCUT2D eigenvalue weighted by atomic mass is 10.1. The Hall–Kier alpha value is -2.17. The number of nitrogens with zero attached hydrogens (tertiary/aromatic N) is 1. The van der Waals surface area contributed by atoms with Crippen LogP contribution < -0.4 is 9.47 Å². The monoisotopic (exact) mass is 277 g/mol. The fourth-order valence-electron chi connectivity index (χ4n) is 2.40. The molecule has 0 spiro atoms. The van der Waals surface area contributed by atoms with Gasteiger partial charge in [0.15, 0.2) is 11.5 Å². The highest BCUT2D eigenvalue weighted by Gasteiger charge is 2.30. The zero-order valence-electron chi connectivity index (χ0n) is 12.2. The molecule has 1 aliphatic heterocycles. The second-order valence-corrected chi connectivity index (χ2v) is 4.54. The van der Waals surface area contributed by atoms with E-state index in [0.717, 1.165) is 11.3 Å². The molecule has 5 heteroatoms. The highest BCUT2D eigenvalue weighted by molar-refractivity contribution is 5.82. The Labute approximate surface area is 118 Å². The Morgan fingerprint density at radius 2 is 1.90 bits per heavy atom. The van der Waals surface area contributed by atoms with Crippen molar-refractivity contribution in [1.82, 2.24) is 4.90 Å². The Bertz CT molecular complexity index is 539. The minimum Gasteiger partial charge on any atom is -0.493 e. The van der Waals surface area contributed by atoms with Crippen LogP contribution in [-0.4, -0.2) is 45.3 Å². The molecular weight excluding hydrogens is 258 g/mol. The summed E-state index contributed by atoms with van der Waals surface area (Å²) >= 11 is 0. The van der Waals surface area contributed by atoms with E-state index in [1.807, 2.05) is 36.2 Å².